The maximum absolute atomic E-state index is 14.2. The molecule has 0 spiro atoms. The molecule has 0 heterocycles. The molecule has 374 valence electrons. The van der Waals surface area contributed by atoms with Gasteiger partial charge >= 0.3 is 0 Å². The Morgan fingerprint density at radius 3 is 1.24 bits per heavy atom. The first-order valence-corrected chi connectivity index (χ1v) is 22.9. The lowest BCUT2D eigenvalue weighted by Gasteiger charge is -2.25. The molecule has 0 bridgehead atoms. The molecule has 0 aliphatic rings. The summed E-state index contributed by atoms with van der Waals surface area (Å²) in [7, 11) is 0. The summed E-state index contributed by atoms with van der Waals surface area (Å²) in [5, 5.41) is 10.7. The van der Waals surface area contributed by atoms with Gasteiger partial charge in [0.1, 0.15) is 11.8 Å². The Labute approximate surface area is 390 Å². The molecule has 66 heavy (non-hydrogen) atoms. The summed E-state index contributed by atoms with van der Waals surface area (Å²) in [5.74, 6) is -7.25. The molecule has 7 atom stereocenters. The molecule has 0 aromatic rings. The van der Waals surface area contributed by atoms with Crippen LogP contribution >= 0.6 is 11.8 Å². The van der Waals surface area contributed by atoms with Crippen LogP contribution in [0.4, 0.5) is 0 Å². The smallest absolute Gasteiger partial charge is 0.240 e. The van der Waals surface area contributed by atoms with Crippen LogP contribution in [0.25, 0.3) is 0 Å². The van der Waals surface area contributed by atoms with Crippen LogP contribution in [-0.4, -0.2) is 127 Å². The van der Waals surface area contributed by atoms with E-state index in [1.807, 2.05) is 0 Å². The number of rotatable bonds is 36. The number of thioether (sulfide) groups is 1. The SMILES string of the molecule is CC(=O)NCSC[C@@H](C)C(=O)C[C@H](C)C(=O)N[C@H](CCCN=C(N)N)C(=O)C[C@H](CCCN=C(N)N)C(=O)N[C@H](CCCN=C(N)N)C(=O)C[C@H](C)C(=O)N[C@H](CCCN=C(N)N)C(N)=O. The molecule has 22 N–H and O–H groups in total. The highest BCUT2D eigenvalue weighted by atomic mass is 32.2. The van der Waals surface area contributed by atoms with Gasteiger partial charge in [0.05, 0.1) is 18.0 Å². The number of aliphatic imine (C=N–C) groups is 4. The third kappa shape index (κ3) is 28.6. The van der Waals surface area contributed by atoms with E-state index < -0.39 is 77.0 Å². The lowest BCUT2D eigenvalue weighted by molar-refractivity contribution is -0.135. The van der Waals surface area contributed by atoms with Crippen molar-refractivity contribution in [2.45, 2.75) is 116 Å². The summed E-state index contributed by atoms with van der Waals surface area (Å²) >= 11 is 1.37. The molecule has 0 aromatic heterocycles. The summed E-state index contributed by atoms with van der Waals surface area (Å²) in [6, 6.07) is -3.35. The number of carbonyl (C=O) groups excluding carboxylic acids is 8. The summed E-state index contributed by atoms with van der Waals surface area (Å²) in [6.45, 7) is 6.70. The van der Waals surface area contributed by atoms with E-state index >= 15 is 0 Å². The van der Waals surface area contributed by atoms with Crippen molar-refractivity contribution in [3.05, 3.63) is 0 Å². The zero-order chi connectivity index (χ0) is 50.4. The van der Waals surface area contributed by atoms with Crippen LogP contribution in [0.15, 0.2) is 20.0 Å². The van der Waals surface area contributed by atoms with Gasteiger partial charge in [-0.15, -0.1) is 11.8 Å². The van der Waals surface area contributed by atoms with Crippen LogP contribution in [0.5, 0.6) is 0 Å². The van der Waals surface area contributed by atoms with Crippen molar-refractivity contribution >= 4 is 82.5 Å². The zero-order valence-electron chi connectivity index (χ0n) is 38.7. The molecule has 0 saturated heterocycles. The molecule has 0 fully saturated rings. The maximum atomic E-state index is 14.2. The van der Waals surface area contributed by atoms with E-state index in [0.717, 1.165) is 0 Å². The maximum Gasteiger partial charge on any atom is 0.240 e. The van der Waals surface area contributed by atoms with Crippen molar-refractivity contribution < 1.29 is 38.4 Å². The third-order valence-electron chi connectivity index (χ3n) is 9.98. The normalized spacial score (nSPS) is 13.9. The Morgan fingerprint density at radius 2 is 0.833 bits per heavy atom. The molecular weight excluding hydrogens is 879 g/mol. The minimum atomic E-state index is -1.16. The minimum absolute atomic E-state index is 0.0474. The van der Waals surface area contributed by atoms with E-state index in [1.54, 1.807) is 13.8 Å². The van der Waals surface area contributed by atoms with Crippen molar-refractivity contribution in [1.29, 1.82) is 0 Å². The third-order valence-corrected chi connectivity index (χ3v) is 11.1. The molecule has 0 rings (SSSR count). The number of carbonyl (C=O) groups is 8. The monoisotopic (exact) mass is 954 g/mol. The average Bonchev–Trinajstić information content (AvgIpc) is 3.22. The van der Waals surface area contributed by atoms with E-state index in [-0.39, 0.29) is 126 Å². The second-order valence-corrected chi connectivity index (χ2v) is 17.1. The number of Topliss-reactive ketones (excluding diaryl/α,β-unsaturated/α-hetero) is 3. The fourth-order valence-electron chi connectivity index (χ4n) is 6.21. The number of hydrogen-bond donors (Lipinski definition) is 13. The number of nitrogens with two attached hydrogens (primary N) is 9. The molecule has 5 amide bonds. The molecule has 0 radical (unpaired) electrons. The van der Waals surface area contributed by atoms with Crippen LogP contribution in [0.3, 0.4) is 0 Å². The lowest BCUT2D eigenvalue weighted by atomic mass is 9.90. The molecular formula is C40H75N17O8S. The van der Waals surface area contributed by atoms with Gasteiger partial charge in [0.25, 0.3) is 0 Å². The van der Waals surface area contributed by atoms with Crippen molar-refractivity contribution in [3.63, 3.8) is 0 Å². The molecule has 0 saturated carbocycles. The van der Waals surface area contributed by atoms with Gasteiger partial charge in [0, 0.05) is 81.8 Å². The number of hydrogen-bond acceptors (Lipinski definition) is 13. The van der Waals surface area contributed by atoms with E-state index in [1.165, 1.54) is 25.6 Å². The standard InChI is InChI=1S/C40H75N17O8S/c1-22(17-30(59)24(3)20-66-21-54-25(4)58)34(63)55-28(11-7-15-52-39(46)47)32(61)19-26(9-5-13-50-37(42)43)36(65)56-27(10-6-14-51-38(44)45)31(60)18-23(2)35(64)57-29(33(41)62)12-8-16-53-40(48)49/h22-24,26-29H,5-21H2,1-4H3,(H2,41,62)(H,54,58)(H,55,63)(H,56,65)(H,57,64)(H4,42,43,50)(H4,44,45,51)(H4,46,47,52)(H4,48,49,53)/t22-,23-,24+,26-,27+,28+,29+/m0/s1. The van der Waals surface area contributed by atoms with Gasteiger partial charge < -0.3 is 72.9 Å². The fraction of sp³-hybridized carbons (Fsp3) is 0.700. The predicted octanol–water partition coefficient (Wildman–Crippen LogP) is -3.63. The van der Waals surface area contributed by atoms with Crippen molar-refractivity contribution in [2.75, 3.05) is 37.8 Å². The summed E-state index contributed by atoms with van der Waals surface area (Å²) in [5.41, 5.74) is 49.1. The van der Waals surface area contributed by atoms with Crippen molar-refractivity contribution in [1.82, 2.24) is 21.3 Å². The highest BCUT2D eigenvalue weighted by Crippen LogP contribution is 2.19. The van der Waals surface area contributed by atoms with Crippen LogP contribution < -0.4 is 72.9 Å². The number of amides is 5. The van der Waals surface area contributed by atoms with Crippen molar-refractivity contribution in [3.8, 4) is 0 Å². The largest absolute Gasteiger partial charge is 0.370 e. The second-order valence-electron chi connectivity index (χ2n) is 16.0. The van der Waals surface area contributed by atoms with E-state index in [0.29, 0.717) is 18.1 Å². The first-order chi connectivity index (χ1) is 30.9. The quantitative estimate of drug-likeness (QED) is 0.0125. The number of guanidine groups is 4. The van der Waals surface area contributed by atoms with Gasteiger partial charge in [-0.05, 0) is 51.4 Å². The van der Waals surface area contributed by atoms with Crippen LogP contribution in [-0.2, 0) is 38.4 Å². The fourth-order valence-corrected chi connectivity index (χ4v) is 7.17. The average molecular weight is 954 g/mol. The van der Waals surface area contributed by atoms with E-state index in [4.69, 9.17) is 51.6 Å². The number of nitrogens with one attached hydrogen (secondary N) is 4. The predicted molar refractivity (Wildman–Crippen MR) is 256 cm³/mol. The number of primary amides is 1. The topological polar surface area (TPSA) is 468 Å². The molecule has 0 unspecified atom stereocenters. The Bertz CT molecular complexity index is 1730. The molecule has 26 heteroatoms. The molecule has 0 aliphatic heterocycles. The van der Waals surface area contributed by atoms with Gasteiger partial charge in [-0.1, -0.05) is 20.8 Å². The number of nitrogens with zero attached hydrogens (tertiary/aromatic N) is 4. The first-order valence-electron chi connectivity index (χ1n) is 21.8. The van der Waals surface area contributed by atoms with Crippen LogP contribution in [0, 0.1) is 23.7 Å². The Kier molecular flexibility index (Phi) is 30.2. The van der Waals surface area contributed by atoms with E-state index in [9.17, 15) is 38.4 Å². The highest BCUT2D eigenvalue weighted by molar-refractivity contribution is 7.99. The molecule has 0 aliphatic carbocycles. The molecule has 25 nitrogen and oxygen atoms in total. The number of ketones is 3. The summed E-state index contributed by atoms with van der Waals surface area (Å²) in [4.78, 5) is 121. The summed E-state index contributed by atoms with van der Waals surface area (Å²) in [6.07, 6.45) is 0.571. The first kappa shape index (κ1) is 59.8. The lowest BCUT2D eigenvalue weighted by Crippen LogP contribution is -2.48. The second kappa shape index (κ2) is 33.3. The zero-order valence-corrected chi connectivity index (χ0v) is 39.5. The van der Waals surface area contributed by atoms with Gasteiger partial charge in [0.2, 0.25) is 29.5 Å². The van der Waals surface area contributed by atoms with Crippen molar-refractivity contribution in [2.24, 2.45) is 95.2 Å². The van der Waals surface area contributed by atoms with E-state index in [2.05, 4.69) is 41.2 Å². The van der Waals surface area contributed by atoms with Gasteiger partial charge in [-0.3, -0.25) is 58.3 Å². The Hall–Kier alpha value is -6.21. The van der Waals surface area contributed by atoms with Gasteiger partial charge in [0.15, 0.2) is 35.4 Å². The highest BCUT2D eigenvalue weighted by Gasteiger charge is 2.32. The Morgan fingerprint density at radius 1 is 0.470 bits per heavy atom. The van der Waals surface area contributed by atoms with Crippen LogP contribution in [0.1, 0.15) is 98.3 Å². The molecule has 0 aromatic carbocycles. The van der Waals surface area contributed by atoms with Gasteiger partial charge in [-0.25, -0.2) is 0 Å². The van der Waals surface area contributed by atoms with Gasteiger partial charge in [-0.2, -0.15) is 0 Å². The van der Waals surface area contributed by atoms with Crippen LogP contribution in [0.2, 0.25) is 0 Å². The minimum Gasteiger partial charge on any atom is -0.370 e. The summed E-state index contributed by atoms with van der Waals surface area (Å²) < 4.78 is 0. The Balaban J connectivity index is 6.41.